The molecule has 5 aromatic heterocycles. The van der Waals surface area contributed by atoms with Crippen molar-refractivity contribution in [3.8, 4) is 84.5 Å². The van der Waals surface area contributed by atoms with Crippen molar-refractivity contribution in [3.05, 3.63) is 320 Å². The molecule has 5 heterocycles. The smallest absolute Gasteiger partial charge is 0.100 e. The molecule has 0 atom stereocenters. The number of aromatic nitrogens is 5. The molecule has 6 heteroatoms. The predicted octanol–water partition coefficient (Wildman–Crippen LogP) is 22.6. The van der Waals surface area contributed by atoms with Crippen molar-refractivity contribution >= 4 is 87.2 Å². The van der Waals surface area contributed by atoms with Crippen molar-refractivity contribution in [1.29, 1.82) is 5.26 Å². The number of benzene rings is 13. The highest BCUT2D eigenvalue weighted by Gasteiger charge is 2.30. The molecule has 436 valence electrons. The third-order valence-corrected chi connectivity index (χ3v) is 19.2. The zero-order valence-electron chi connectivity index (χ0n) is 51.5. The number of fused-ring (bicyclic) bond motifs is 12. The molecular formula is C87H58N6. The Morgan fingerprint density at radius 1 is 0.247 bits per heavy atom. The van der Waals surface area contributed by atoms with E-state index in [1.165, 1.54) is 48.7 Å². The van der Waals surface area contributed by atoms with Gasteiger partial charge >= 0.3 is 0 Å². The molecule has 0 aliphatic heterocycles. The molecule has 0 saturated carbocycles. The van der Waals surface area contributed by atoms with Crippen molar-refractivity contribution in [2.75, 3.05) is 0 Å². The second kappa shape index (κ2) is 21.2. The van der Waals surface area contributed by atoms with Crippen molar-refractivity contribution in [1.82, 2.24) is 23.3 Å². The van der Waals surface area contributed by atoms with Gasteiger partial charge in [0.05, 0.1) is 49.7 Å². The maximum absolute atomic E-state index is 12.5. The number of nitriles is 1. The van der Waals surface area contributed by atoms with Crippen LogP contribution in [0.1, 0.15) is 22.5 Å². The number of hydrogen-bond acceptors (Lipinski definition) is 2. The zero-order chi connectivity index (χ0) is 62.0. The monoisotopic (exact) mass is 1190 g/mol. The van der Waals surface area contributed by atoms with E-state index in [1.807, 2.05) is 0 Å². The van der Waals surface area contributed by atoms with Crippen LogP contribution in [0.3, 0.4) is 0 Å². The predicted molar refractivity (Wildman–Crippen MR) is 388 cm³/mol. The van der Waals surface area contributed by atoms with E-state index in [0.29, 0.717) is 5.56 Å². The quantitative estimate of drug-likeness (QED) is 0.145. The maximum atomic E-state index is 12.5. The van der Waals surface area contributed by atoms with Gasteiger partial charge in [0, 0.05) is 88.4 Å². The van der Waals surface area contributed by atoms with Crippen LogP contribution < -0.4 is 0 Å². The van der Waals surface area contributed by atoms with Crippen LogP contribution in [0, 0.1) is 32.1 Å². The summed E-state index contributed by atoms with van der Waals surface area (Å²) in [5.41, 5.74) is 26.3. The molecule has 0 radical (unpaired) electrons. The Bertz CT molecular complexity index is 5940. The lowest BCUT2D eigenvalue weighted by Gasteiger charge is -2.27. The van der Waals surface area contributed by atoms with Crippen LogP contribution in [-0.2, 0) is 0 Å². The van der Waals surface area contributed by atoms with E-state index in [-0.39, 0.29) is 0 Å². The number of nitrogens with zero attached hydrogens (tertiary/aromatic N) is 6. The molecule has 0 fully saturated rings. The minimum Gasteiger partial charge on any atom is -0.309 e. The van der Waals surface area contributed by atoms with Crippen LogP contribution in [0.2, 0.25) is 0 Å². The van der Waals surface area contributed by atoms with Crippen molar-refractivity contribution in [3.63, 3.8) is 0 Å². The fourth-order valence-corrected chi connectivity index (χ4v) is 15.4. The lowest BCUT2D eigenvalue weighted by molar-refractivity contribution is 1.12. The first-order valence-corrected chi connectivity index (χ1v) is 31.8. The molecular weight excluding hydrogens is 1130 g/mol. The van der Waals surface area contributed by atoms with Crippen molar-refractivity contribution in [2.24, 2.45) is 0 Å². The lowest BCUT2D eigenvalue weighted by atomic mass is 9.75. The van der Waals surface area contributed by atoms with Gasteiger partial charge in [0.1, 0.15) is 6.07 Å². The van der Waals surface area contributed by atoms with Crippen molar-refractivity contribution < 1.29 is 0 Å². The van der Waals surface area contributed by atoms with E-state index in [0.717, 1.165) is 134 Å². The molecule has 0 amide bonds. The highest BCUT2D eigenvalue weighted by molar-refractivity contribution is 6.15. The number of para-hydroxylation sites is 7. The minimum absolute atomic E-state index is 0.577. The topological polar surface area (TPSA) is 56.4 Å². The Morgan fingerprint density at radius 3 is 0.796 bits per heavy atom. The molecule has 0 aliphatic carbocycles. The van der Waals surface area contributed by atoms with Gasteiger partial charge in [0.25, 0.3) is 0 Å². The summed E-state index contributed by atoms with van der Waals surface area (Å²) in [7, 11) is 0. The number of pyridine rings is 1. The summed E-state index contributed by atoms with van der Waals surface area (Å²) in [6, 6.07) is 111. The molecule has 93 heavy (non-hydrogen) atoms. The Hall–Kier alpha value is -12.3. The minimum atomic E-state index is 0.577. The Labute approximate surface area is 537 Å². The standard InChI is InChI=1S/C87H58N6/c1-54-32-49-82-73(50-54)72-24-10-17-31-81(72)93(82)65-45-35-58(36-46-65)85-83(57-33-41-62(42-34-57)90-75-25-11-4-18-66(75)67-19-5-12-26-76(67)90)74(53-88)84(61-51-55(2)89-56(3)52-61)86(59-37-43-63(44-38-59)91-77-27-13-6-20-68(77)69-21-7-14-28-78(69)91)87(85)60-39-47-64(48-40-60)92-79-29-15-8-22-70(79)71-23-9-16-30-80(71)92/h4-52H,1-3H3. The average Bonchev–Trinajstić information content (AvgIpc) is 1.71. The van der Waals surface area contributed by atoms with E-state index in [4.69, 9.17) is 4.98 Å². The maximum Gasteiger partial charge on any atom is 0.100 e. The first kappa shape index (κ1) is 53.7. The van der Waals surface area contributed by atoms with Crippen LogP contribution in [0.4, 0.5) is 0 Å². The van der Waals surface area contributed by atoms with E-state index in [2.05, 4.69) is 342 Å². The van der Waals surface area contributed by atoms with Gasteiger partial charge in [0.2, 0.25) is 0 Å². The summed E-state index contributed by atoms with van der Waals surface area (Å²) in [6.07, 6.45) is 0. The van der Waals surface area contributed by atoms with Crippen molar-refractivity contribution in [2.45, 2.75) is 20.8 Å². The van der Waals surface area contributed by atoms with E-state index >= 15 is 0 Å². The Balaban J connectivity index is 0.950. The second-order valence-corrected chi connectivity index (χ2v) is 24.7. The number of hydrogen-bond donors (Lipinski definition) is 0. The summed E-state index contributed by atoms with van der Waals surface area (Å²) < 4.78 is 9.50. The molecule has 18 rings (SSSR count). The summed E-state index contributed by atoms with van der Waals surface area (Å²) in [4.78, 5) is 4.97. The SMILES string of the molecule is Cc1ccc2c(c1)c1ccccc1n2-c1ccc(-c2c(-c3ccc(-n4c5ccccc5c5ccccc54)cc3)c(C#N)c(-c3cc(C)nc(C)c3)c(-c3ccc(-n4c5ccccc5c5ccccc54)cc3)c2-c2ccc(-n3c4ccccc4c4ccccc43)cc2)cc1. The third-order valence-electron chi connectivity index (χ3n) is 19.2. The van der Waals surface area contributed by atoms with Gasteiger partial charge in [-0.25, -0.2) is 0 Å². The van der Waals surface area contributed by atoms with Gasteiger partial charge in [-0.3, -0.25) is 4.98 Å². The first-order chi connectivity index (χ1) is 45.8. The highest BCUT2D eigenvalue weighted by Crippen LogP contribution is 2.54. The third kappa shape index (κ3) is 8.37. The van der Waals surface area contributed by atoms with Crippen LogP contribution in [0.25, 0.3) is 166 Å². The van der Waals surface area contributed by atoms with Gasteiger partial charge < -0.3 is 18.3 Å². The summed E-state index contributed by atoms with van der Waals surface area (Å²) in [5, 5.41) is 22.2. The van der Waals surface area contributed by atoms with E-state index in [1.54, 1.807) is 0 Å². The Kier molecular flexibility index (Phi) is 12.2. The average molecular weight is 1190 g/mol. The van der Waals surface area contributed by atoms with Gasteiger partial charge in [-0.15, -0.1) is 0 Å². The Morgan fingerprint density at radius 2 is 0.495 bits per heavy atom. The fourth-order valence-electron chi connectivity index (χ4n) is 15.4. The molecule has 0 aliphatic rings. The van der Waals surface area contributed by atoms with Gasteiger partial charge in [-0.2, -0.15) is 5.26 Å². The van der Waals surface area contributed by atoms with Crippen LogP contribution in [0.5, 0.6) is 0 Å². The largest absolute Gasteiger partial charge is 0.309 e. The normalized spacial score (nSPS) is 11.8. The fraction of sp³-hybridized carbons (Fsp3) is 0.0345. The van der Waals surface area contributed by atoms with Gasteiger partial charge in [-0.05, 0) is 181 Å². The zero-order valence-corrected chi connectivity index (χ0v) is 51.5. The highest BCUT2D eigenvalue weighted by atomic mass is 15.0. The molecule has 0 unspecified atom stereocenters. The van der Waals surface area contributed by atoms with Gasteiger partial charge in [-0.1, -0.05) is 188 Å². The molecule has 6 nitrogen and oxygen atoms in total. The van der Waals surface area contributed by atoms with Crippen LogP contribution in [0.15, 0.2) is 297 Å². The molecule has 13 aromatic carbocycles. The summed E-state index contributed by atoms with van der Waals surface area (Å²) in [5.74, 6) is 0. The second-order valence-electron chi connectivity index (χ2n) is 24.7. The molecule has 0 saturated heterocycles. The van der Waals surface area contributed by atoms with Crippen LogP contribution in [-0.4, -0.2) is 23.3 Å². The van der Waals surface area contributed by atoms with Crippen LogP contribution >= 0.6 is 0 Å². The molecule has 0 spiro atoms. The first-order valence-electron chi connectivity index (χ1n) is 31.8. The molecule has 0 N–H and O–H groups in total. The number of aryl methyl sites for hydroxylation is 3. The summed E-state index contributed by atoms with van der Waals surface area (Å²) >= 11 is 0. The van der Waals surface area contributed by atoms with E-state index in [9.17, 15) is 5.26 Å². The number of rotatable bonds is 9. The van der Waals surface area contributed by atoms with Gasteiger partial charge in [0.15, 0.2) is 0 Å². The summed E-state index contributed by atoms with van der Waals surface area (Å²) in [6.45, 7) is 6.27. The van der Waals surface area contributed by atoms with E-state index < -0.39 is 0 Å². The molecule has 0 bridgehead atoms. The molecule has 18 aromatic rings. The lowest BCUT2D eigenvalue weighted by Crippen LogP contribution is -2.04.